The summed E-state index contributed by atoms with van der Waals surface area (Å²) in [4.78, 5) is 6.88. The molecule has 1 saturated heterocycles. The maximum Gasteiger partial charge on any atom is 0.146 e. The van der Waals surface area contributed by atoms with Crippen LogP contribution < -0.4 is 15.4 Å². The highest BCUT2D eigenvalue weighted by atomic mass is 32.1. The Balaban J connectivity index is 1.29. The molecular weight excluding hydrogens is 380 g/mol. The van der Waals surface area contributed by atoms with Crippen LogP contribution in [0.15, 0.2) is 47.4 Å². The normalized spacial score (nSPS) is 22.9. The number of likely N-dealkylation sites (tertiary alicyclic amines) is 1. The third-order valence-electron chi connectivity index (χ3n) is 5.82. The lowest BCUT2D eigenvalue weighted by atomic mass is 9.79. The molecule has 1 aliphatic carbocycles. The summed E-state index contributed by atoms with van der Waals surface area (Å²) in [6, 6.07) is 6.74. The van der Waals surface area contributed by atoms with Crippen LogP contribution in [0.1, 0.15) is 39.5 Å². The average Bonchev–Trinajstić information content (AvgIpc) is 3.14. The number of thiazole rings is 1. The molecule has 0 spiro atoms. The molecule has 2 aromatic rings. The molecule has 2 aliphatic rings. The number of nitrogens with one attached hydrogen (secondary N) is 2. The zero-order valence-electron chi connectivity index (χ0n) is 17.6. The molecule has 0 unspecified atom stereocenters. The Bertz CT molecular complexity index is 878. The Kier molecular flexibility index (Phi) is 6.28. The standard InChI is InChI=1S/C23H32N4OS/c1-4-7-19(26-17-13-27(14-17)22(24-3)8-5-2)16-11-18(12-16)28-20-9-6-10-21-23(20)25-15-29-21/h6-10,15-18,24,26H,4-5,11-14H2,1-3H3/b19-7+,22-8+. The van der Waals surface area contributed by atoms with Gasteiger partial charge in [0.2, 0.25) is 0 Å². The molecule has 2 fully saturated rings. The second-order valence-corrected chi connectivity index (χ2v) is 8.81. The smallest absolute Gasteiger partial charge is 0.146 e. The van der Waals surface area contributed by atoms with Crippen LogP contribution in [0.4, 0.5) is 0 Å². The first-order valence-electron chi connectivity index (χ1n) is 10.8. The van der Waals surface area contributed by atoms with Crippen LogP contribution in [-0.4, -0.2) is 42.2 Å². The highest BCUT2D eigenvalue weighted by molar-refractivity contribution is 7.16. The lowest BCUT2D eigenvalue weighted by molar-refractivity contribution is 0.0744. The molecule has 2 N–H and O–H groups in total. The van der Waals surface area contributed by atoms with E-state index in [1.54, 1.807) is 11.3 Å². The van der Waals surface area contributed by atoms with Gasteiger partial charge in [-0.2, -0.15) is 0 Å². The van der Waals surface area contributed by atoms with E-state index in [1.165, 1.54) is 16.2 Å². The van der Waals surface area contributed by atoms with Crippen molar-refractivity contribution in [3.8, 4) is 5.75 Å². The van der Waals surface area contributed by atoms with Gasteiger partial charge in [-0.25, -0.2) is 4.98 Å². The fraction of sp³-hybridized carbons (Fsp3) is 0.522. The Labute approximate surface area is 177 Å². The summed E-state index contributed by atoms with van der Waals surface area (Å²) in [6.45, 7) is 6.52. The van der Waals surface area contributed by atoms with Crippen molar-refractivity contribution in [2.24, 2.45) is 5.92 Å². The van der Waals surface area contributed by atoms with Crippen LogP contribution in [0.3, 0.4) is 0 Å². The summed E-state index contributed by atoms with van der Waals surface area (Å²) in [5.41, 5.74) is 4.30. The van der Waals surface area contributed by atoms with Crippen LogP contribution in [0.5, 0.6) is 5.75 Å². The first-order chi connectivity index (χ1) is 14.2. The van der Waals surface area contributed by atoms with Gasteiger partial charge in [0, 0.05) is 31.8 Å². The van der Waals surface area contributed by atoms with E-state index >= 15 is 0 Å². The lowest BCUT2D eigenvalue weighted by Gasteiger charge is -2.45. The number of nitrogens with zero attached hydrogens (tertiary/aromatic N) is 2. The summed E-state index contributed by atoms with van der Waals surface area (Å²) in [7, 11) is 2.01. The van der Waals surface area contributed by atoms with E-state index in [-0.39, 0.29) is 6.10 Å². The molecule has 4 rings (SSSR count). The summed E-state index contributed by atoms with van der Waals surface area (Å²) < 4.78 is 7.47. The van der Waals surface area contributed by atoms with Crippen LogP contribution in [0, 0.1) is 5.92 Å². The van der Waals surface area contributed by atoms with Crippen molar-refractivity contribution in [2.45, 2.75) is 51.7 Å². The van der Waals surface area contributed by atoms with Gasteiger partial charge in [-0.15, -0.1) is 11.3 Å². The monoisotopic (exact) mass is 412 g/mol. The van der Waals surface area contributed by atoms with Gasteiger partial charge in [-0.05, 0) is 43.9 Å². The van der Waals surface area contributed by atoms with Crippen molar-refractivity contribution in [1.29, 1.82) is 0 Å². The molecule has 1 aromatic heterocycles. The second kappa shape index (κ2) is 9.08. The molecule has 6 heteroatoms. The van der Waals surface area contributed by atoms with Gasteiger partial charge in [0.1, 0.15) is 17.4 Å². The molecule has 0 radical (unpaired) electrons. The molecule has 5 nitrogen and oxygen atoms in total. The van der Waals surface area contributed by atoms with Crippen LogP contribution in [-0.2, 0) is 0 Å². The van der Waals surface area contributed by atoms with Crippen molar-refractivity contribution >= 4 is 21.6 Å². The molecule has 1 aromatic carbocycles. The summed E-state index contributed by atoms with van der Waals surface area (Å²) in [6.07, 6.45) is 9.19. The number of rotatable bonds is 9. The number of ether oxygens (including phenoxy) is 1. The van der Waals surface area contributed by atoms with Gasteiger partial charge in [-0.1, -0.05) is 26.0 Å². The number of hydrogen-bond acceptors (Lipinski definition) is 6. The molecule has 156 valence electrons. The molecule has 0 bridgehead atoms. The highest BCUT2D eigenvalue weighted by Gasteiger charge is 2.36. The fourth-order valence-corrected chi connectivity index (χ4v) is 4.89. The first kappa shape index (κ1) is 20.1. The predicted molar refractivity (Wildman–Crippen MR) is 121 cm³/mol. The molecule has 0 amide bonds. The zero-order chi connectivity index (χ0) is 20.2. The largest absolute Gasteiger partial charge is 0.488 e. The van der Waals surface area contributed by atoms with E-state index in [2.05, 4.69) is 58.6 Å². The van der Waals surface area contributed by atoms with E-state index in [0.717, 1.165) is 50.0 Å². The third kappa shape index (κ3) is 4.37. The topological polar surface area (TPSA) is 49.4 Å². The Morgan fingerprint density at radius 2 is 2.03 bits per heavy atom. The van der Waals surface area contributed by atoms with E-state index in [1.807, 2.05) is 18.6 Å². The van der Waals surface area contributed by atoms with Gasteiger partial charge in [0.05, 0.1) is 22.1 Å². The fourth-order valence-electron chi connectivity index (χ4n) is 4.20. The molecule has 29 heavy (non-hydrogen) atoms. The first-order valence-corrected chi connectivity index (χ1v) is 11.7. The summed E-state index contributed by atoms with van der Waals surface area (Å²) >= 11 is 1.67. The van der Waals surface area contributed by atoms with E-state index in [4.69, 9.17) is 4.74 Å². The van der Waals surface area contributed by atoms with Crippen molar-refractivity contribution in [3.63, 3.8) is 0 Å². The minimum absolute atomic E-state index is 0.288. The van der Waals surface area contributed by atoms with E-state index < -0.39 is 0 Å². The maximum absolute atomic E-state index is 6.28. The minimum Gasteiger partial charge on any atom is -0.488 e. The van der Waals surface area contributed by atoms with Gasteiger partial charge < -0.3 is 20.3 Å². The molecule has 0 atom stereocenters. The van der Waals surface area contributed by atoms with Crippen LogP contribution in [0.25, 0.3) is 10.2 Å². The van der Waals surface area contributed by atoms with Crippen LogP contribution in [0.2, 0.25) is 0 Å². The number of fused-ring (bicyclic) bond motifs is 1. The van der Waals surface area contributed by atoms with Gasteiger partial charge >= 0.3 is 0 Å². The van der Waals surface area contributed by atoms with Gasteiger partial charge in [-0.3, -0.25) is 0 Å². The van der Waals surface area contributed by atoms with Crippen molar-refractivity contribution in [1.82, 2.24) is 20.5 Å². The van der Waals surface area contributed by atoms with Gasteiger partial charge in [0.25, 0.3) is 0 Å². The molecule has 2 heterocycles. The Hall–Kier alpha value is -2.21. The summed E-state index contributed by atoms with van der Waals surface area (Å²) in [5.74, 6) is 2.76. The zero-order valence-corrected chi connectivity index (χ0v) is 18.5. The van der Waals surface area contributed by atoms with Crippen molar-refractivity contribution in [3.05, 3.63) is 47.4 Å². The number of aromatic nitrogens is 1. The number of para-hydroxylation sites is 1. The Morgan fingerprint density at radius 1 is 1.24 bits per heavy atom. The SMILES string of the molecule is CC/C=C(/NC1CN(/C(=C/CC)NC)C1)C1CC(Oc2cccc3scnc23)C1. The third-order valence-corrected chi connectivity index (χ3v) is 6.62. The molecular formula is C23H32N4OS. The predicted octanol–water partition coefficient (Wildman–Crippen LogP) is 4.49. The van der Waals surface area contributed by atoms with Gasteiger partial charge in [0.15, 0.2) is 0 Å². The number of allylic oxidation sites excluding steroid dienone is 3. The lowest BCUT2D eigenvalue weighted by Crippen LogP contribution is -2.59. The number of hydrogen-bond donors (Lipinski definition) is 2. The quantitative estimate of drug-likeness (QED) is 0.635. The maximum atomic E-state index is 6.28. The van der Waals surface area contributed by atoms with Crippen molar-refractivity contribution in [2.75, 3.05) is 20.1 Å². The molecule has 1 saturated carbocycles. The second-order valence-electron chi connectivity index (χ2n) is 7.93. The minimum atomic E-state index is 0.288. The van der Waals surface area contributed by atoms with Crippen LogP contribution >= 0.6 is 11.3 Å². The van der Waals surface area contributed by atoms with E-state index in [9.17, 15) is 0 Å². The van der Waals surface area contributed by atoms with E-state index in [0.29, 0.717) is 12.0 Å². The Morgan fingerprint density at radius 3 is 2.76 bits per heavy atom. The summed E-state index contributed by atoms with van der Waals surface area (Å²) in [5, 5.41) is 7.13. The molecule has 1 aliphatic heterocycles. The van der Waals surface area contributed by atoms with Crippen molar-refractivity contribution < 1.29 is 4.74 Å². The number of benzene rings is 1. The average molecular weight is 413 g/mol. The highest BCUT2D eigenvalue weighted by Crippen LogP contribution is 2.38.